The maximum absolute atomic E-state index is 5.98. The Bertz CT molecular complexity index is 205. The lowest BCUT2D eigenvalue weighted by Crippen LogP contribution is -2.54. The van der Waals surface area contributed by atoms with E-state index in [2.05, 4.69) is 18.7 Å². The predicted octanol–water partition coefficient (Wildman–Crippen LogP) is 2.52. The molecule has 0 unspecified atom stereocenters. The lowest BCUT2D eigenvalue weighted by molar-refractivity contribution is 0.0159. The summed E-state index contributed by atoms with van der Waals surface area (Å²) in [5.74, 6) is 0. The van der Waals surface area contributed by atoms with Gasteiger partial charge in [0, 0.05) is 17.6 Å². The van der Waals surface area contributed by atoms with Crippen molar-refractivity contribution < 1.29 is 0 Å². The van der Waals surface area contributed by atoms with E-state index in [1.165, 1.54) is 51.5 Å². The molecule has 1 saturated carbocycles. The van der Waals surface area contributed by atoms with Crippen molar-refractivity contribution in [3.63, 3.8) is 0 Å². The first-order valence-corrected chi connectivity index (χ1v) is 6.62. The summed E-state index contributed by atoms with van der Waals surface area (Å²) in [7, 11) is 0. The van der Waals surface area contributed by atoms with Crippen molar-refractivity contribution in [1.82, 2.24) is 4.90 Å². The maximum Gasteiger partial charge on any atom is 0.0156 e. The molecule has 88 valence electrons. The Morgan fingerprint density at radius 1 is 1.07 bits per heavy atom. The second-order valence-electron chi connectivity index (χ2n) is 6.03. The van der Waals surface area contributed by atoms with Crippen molar-refractivity contribution in [2.24, 2.45) is 5.73 Å². The van der Waals surface area contributed by atoms with Gasteiger partial charge in [-0.25, -0.2) is 0 Å². The monoisotopic (exact) mass is 210 g/mol. The highest BCUT2D eigenvalue weighted by Gasteiger charge is 2.35. The van der Waals surface area contributed by atoms with Crippen LogP contribution in [0.3, 0.4) is 0 Å². The van der Waals surface area contributed by atoms with Crippen molar-refractivity contribution in [3.05, 3.63) is 0 Å². The van der Waals surface area contributed by atoms with Crippen LogP contribution in [0, 0.1) is 0 Å². The Hall–Kier alpha value is -0.0800. The summed E-state index contributed by atoms with van der Waals surface area (Å²) in [5, 5.41) is 0. The second-order valence-corrected chi connectivity index (χ2v) is 6.03. The van der Waals surface area contributed by atoms with Crippen LogP contribution in [0.25, 0.3) is 0 Å². The first kappa shape index (κ1) is 11.4. The van der Waals surface area contributed by atoms with Crippen LogP contribution in [0.5, 0.6) is 0 Å². The summed E-state index contributed by atoms with van der Waals surface area (Å²) >= 11 is 0. The number of nitrogens with zero attached hydrogens (tertiary/aromatic N) is 1. The molecule has 0 spiro atoms. The highest BCUT2D eigenvalue weighted by Crippen LogP contribution is 2.34. The van der Waals surface area contributed by atoms with Crippen LogP contribution in [-0.4, -0.2) is 29.1 Å². The maximum atomic E-state index is 5.98. The topological polar surface area (TPSA) is 29.3 Å². The fourth-order valence-electron chi connectivity index (χ4n) is 3.38. The van der Waals surface area contributed by atoms with Gasteiger partial charge in [-0.1, -0.05) is 6.42 Å². The summed E-state index contributed by atoms with van der Waals surface area (Å²) in [6, 6.07) is 1.30. The van der Waals surface area contributed by atoms with E-state index in [-0.39, 0.29) is 0 Å². The van der Waals surface area contributed by atoms with Crippen LogP contribution >= 0.6 is 0 Å². The van der Waals surface area contributed by atoms with Crippen molar-refractivity contribution in [2.45, 2.75) is 76.4 Å². The van der Waals surface area contributed by atoms with Gasteiger partial charge in [0.1, 0.15) is 0 Å². The molecule has 1 saturated heterocycles. The lowest BCUT2D eigenvalue weighted by atomic mass is 9.83. The molecule has 0 aromatic carbocycles. The summed E-state index contributed by atoms with van der Waals surface area (Å²) in [4.78, 5) is 2.77. The Morgan fingerprint density at radius 3 is 2.33 bits per heavy atom. The van der Waals surface area contributed by atoms with Crippen molar-refractivity contribution in [2.75, 3.05) is 6.54 Å². The first-order valence-electron chi connectivity index (χ1n) is 6.62. The van der Waals surface area contributed by atoms with E-state index in [9.17, 15) is 0 Å². The molecule has 2 aliphatic rings. The zero-order chi connectivity index (χ0) is 10.9. The number of piperidine rings is 1. The zero-order valence-corrected chi connectivity index (χ0v) is 10.3. The van der Waals surface area contributed by atoms with Gasteiger partial charge in [-0.2, -0.15) is 0 Å². The van der Waals surface area contributed by atoms with E-state index in [1.807, 2.05) is 0 Å². The lowest BCUT2D eigenvalue weighted by Gasteiger charge is -2.48. The molecule has 0 radical (unpaired) electrons. The summed E-state index contributed by atoms with van der Waals surface area (Å²) in [6.07, 6.45) is 9.29. The van der Waals surface area contributed by atoms with Crippen molar-refractivity contribution in [3.8, 4) is 0 Å². The van der Waals surface area contributed by atoms with E-state index >= 15 is 0 Å². The van der Waals surface area contributed by atoms with E-state index < -0.39 is 0 Å². The number of rotatable bonds is 1. The summed E-state index contributed by atoms with van der Waals surface area (Å²) in [6.45, 7) is 6.15. The van der Waals surface area contributed by atoms with Crippen LogP contribution in [0.15, 0.2) is 0 Å². The molecule has 0 aromatic heterocycles. The highest BCUT2D eigenvalue weighted by atomic mass is 15.2. The third kappa shape index (κ3) is 2.54. The summed E-state index contributed by atoms with van der Waals surface area (Å²) < 4.78 is 0. The second kappa shape index (κ2) is 4.42. The van der Waals surface area contributed by atoms with Gasteiger partial charge in [0.05, 0.1) is 0 Å². The van der Waals surface area contributed by atoms with Gasteiger partial charge in [0.15, 0.2) is 0 Å². The minimum Gasteiger partial charge on any atom is -0.328 e. The van der Waals surface area contributed by atoms with E-state index in [0.29, 0.717) is 11.6 Å². The molecule has 15 heavy (non-hydrogen) atoms. The number of hydrogen-bond acceptors (Lipinski definition) is 2. The fraction of sp³-hybridized carbons (Fsp3) is 1.00. The molecule has 1 aliphatic heterocycles. The zero-order valence-electron chi connectivity index (χ0n) is 10.3. The van der Waals surface area contributed by atoms with Crippen LogP contribution < -0.4 is 5.73 Å². The molecule has 2 heteroatoms. The molecule has 2 N–H and O–H groups in total. The normalized spacial score (nSPS) is 37.8. The minimum atomic E-state index is 0.435. The smallest absolute Gasteiger partial charge is 0.0156 e. The predicted molar refractivity (Wildman–Crippen MR) is 64.9 cm³/mol. The molecule has 2 fully saturated rings. The highest BCUT2D eigenvalue weighted by molar-refractivity contribution is 4.92. The molecule has 0 atom stereocenters. The molecular formula is C13H26N2. The van der Waals surface area contributed by atoms with Gasteiger partial charge in [-0.05, 0) is 58.9 Å². The Kier molecular flexibility index (Phi) is 3.36. The largest absolute Gasteiger partial charge is 0.328 e. The van der Waals surface area contributed by atoms with Gasteiger partial charge in [-0.3, -0.25) is 4.90 Å². The van der Waals surface area contributed by atoms with Crippen LogP contribution in [-0.2, 0) is 0 Å². The van der Waals surface area contributed by atoms with E-state index in [0.717, 1.165) is 6.04 Å². The fourth-order valence-corrected chi connectivity index (χ4v) is 3.38. The van der Waals surface area contributed by atoms with Crippen LogP contribution in [0.2, 0.25) is 0 Å². The van der Waals surface area contributed by atoms with Gasteiger partial charge in [-0.15, -0.1) is 0 Å². The quantitative estimate of drug-likeness (QED) is 0.720. The Balaban J connectivity index is 1.96. The SMILES string of the molecule is CC1(C)CCCCN1C1CCC(N)CC1. The molecule has 1 aliphatic carbocycles. The van der Waals surface area contributed by atoms with E-state index in [4.69, 9.17) is 5.73 Å². The van der Waals surface area contributed by atoms with E-state index in [1.54, 1.807) is 0 Å². The van der Waals surface area contributed by atoms with Gasteiger partial charge in [0.2, 0.25) is 0 Å². The Labute approximate surface area is 94.2 Å². The van der Waals surface area contributed by atoms with Crippen LogP contribution in [0.4, 0.5) is 0 Å². The molecule has 1 heterocycles. The first-order chi connectivity index (χ1) is 7.09. The summed E-state index contributed by atoms with van der Waals surface area (Å²) in [5.41, 5.74) is 6.41. The average molecular weight is 210 g/mol. The number of likely N-dealkylation sites (tertiary alicyclic amines) is 1. The third-order valence-electron chi connectivity index (χ3n) is 4.40. The minimum absolute atomic E-state index is 0.435. The standard InChI is InChI=1S/C13H26N2/c1-13(2)9-3-4-10-15(13)12-7-5-11(14)6-8-12/h11-12H,3-10,14H2,1-2H3. The number of nitrogens with two attached hydrogens (primary N) is 1. The average Bonchev–Trinajstić information content (AvgIpc) is 2.19. The molecule has 2 rings (SSSR count). The van der Waals surface area contributed by atoms with Gasteiger partial charge in [0.25, 0.3) is 0 Å². The molecular weight excluding hydrogens is 184 g/mol. The number of hydrogen-bond donors (Lipinski definition) is 1. The van der Waals surface area contributed by atoms with Gasteiger partial charge >= 0.3 is 0 Å². The molecule has 0 amide bonds. The molecule has 0 bridgehead atoms. The third-order valence-corrected chi connectivity index (χ3v) is 4.40. The van der Waals surface area contributed by atoms with Crippen molar-refractivity contribution >= 4 is 0 Å². The Morgan fingerprint density at radius 2 is 1.73 bits per heavy atom. The van der Waals surface area contributed by atoms with Crippen LogP contribution in [0.1, 0.15) is 58.8 Å². The molecule has 0 aromatic rings. The van der Waals surface area contributed by atoms with Gasteiger partial charge < -0.3 is 5.73 Å². The van der Waals surface area contributed by atoms with Crippen molar-refractivity contribution in [1.29, 1.82) is 0 Å². The molecule has 2 nitrogen and oxygen atoms in total.